The van der Waals surface area contributed by atoms with E-state index in [1.165, 1.54) is 30.5 Å². The Balaban J connectivity index is 1.38. The number of piperidine rings is 2. The molecule has 2 N–H and O–H groups in total. The summed E-state index contributed by atoms with van der Waals surface area (Å²) in [5, 5.41) is 22.1. The Morgan fingerprint density at radius 2 is 1.93 bits per heavy atom. The van der Waals surface area contributed by atoms with E-state index in [1.54, 1.807) is 0 Å². The van der Waals surface area contributed by atoms with Crippen LogP contribution >= 0.6 is 0 Å². The first-order valence-electron chi connectivity index (χ1n) is 15.7. The van der Waals surface area contributed by atoms with Gasteiger partial charge in [0.15, 0.2) is 5.82 Å². The Morgan fingerprint density at radius 3 is 2.73 bits per heavy atom. The molecule has 1 saturated carbocycles. The van der Waals surface area contributed by atoms with Crippen molar-refractivity contribution in [1.82, 2.24) is 19.9 Å². The smallest absolute Gasteiger partial charge is 0.319 e. The number of anilines is 1. The van der Waals surface area contributed by atoms with Gasteiger partial charge in [-0.05, 0) is 82.6 Å². The Bertz CT molecular complexity index is 1860. The fourth-order valence-electron chi connectivity index (χ4n) is 8.11. The number of ether oxygens (including phenoxy) is 1. The van der Waals surface area contributed by atoms with E-state index in [0.717, 1.165) is 45.1 Å². The molecule has 0 spiro atoms. The van der Waals surface area contributed by atoms with Crippen LogP contribution in [0.25, 0.3) is 32.9 Å². The van der Waals surface area contributed by atoms with Crippen LogP contribution in [0, 0.1) is 29.4 Å². The van der Waals surface area contributed by atoms with Gasteiger partial charge >= 0.3 is 6.01 Å². The van der Waals surface area contributed by atoms with Gasteiger partial charge in [-0.15, -0.1) is 6.42 Å². The highest BCUT2D eigenvalue weighted by Gasteiger charge is 2.56. The second-order valence-corrected chi connectivity index (χ2v) is 13.1. The molecular weight excluding hydrogens is 576 g/mol. The SMILES string of the molecule is C#Cc1c(F)ccc2cc(O)cc(-c3ncc4c(N5CCC[C@@H](O)C5)nc(OC[C@@]56CCCN(C)C5(C)CCC6)nc4c3F)c12. The van der Waals surface area contributed by atoms with Crippen LogP contribution in [0.3, 0.4) is 0 Å². The first kappa shape index (κ1) is 29.6. The van der Waals surface area contributed by atoms with E-state index in [0.29, 0.717) is 42.7 Å². The minimum atomic E-state index is -0.765. The van der Waals surface area contributed by atoms with Crippen molar-refractivity contribution >= 4 is 27.5 Å². The lowest BCUT2D eigenvalue weighted by molar-refractivity contribution is -0.0526. The molecule has 0 radical (unpaired) electrons. The number of halogens is 2. The van der Waals surface area contributed by atoms with E-state index >= 15 is 4.39 Å². The highest BCUT2D eigenvalue weighted by molar-refractivity contribution is 6.03. The molecule has 234 valence electrons. The molecule has 3 fully saturated rings. The number of aromatic hydroxyl groups is 1. The zero-order chi connectivity index (χ0) is 31.5. The number of hydrogen-bond acceptors (Lipinski definition) is 8. The molecule has 7 rings (SSSR count). The molecule has 4 heterocycles. The van der Waals surface area contributed by atoms with Crippen LogP contribution in [0.2, 0.25) is 0 Å². The third-order valence-electron chi connectivity index (χ3n) is 10.7. The lowest BCUT2D eigenvalue weighted by atomic mass is 9.67. The van der Waals surface area contributed by atoms with Crippen molar-refractivity contribution in [3.63, 3.8) is 0 Å². The lowest BCUT2D eigenvalue weighted by Gasteiger charge is -2.53. The van der Waals surface area contributed by atoms with Gasteiger partial charge in [-0.25, -0.2) is 8.78 Å². The summed E-state index contributed by atoms with van der Waals surface area (Å²) in [6, 6.07) is 5.55. The monoisotopic (exact) mass is 613 g/mol. The van der Waals surface area contributed by atoms with Gasteiger partial charge < -0.3 is 24.7 Å². The number of rotatable bonds is 5. The van der Waals surface area contributed by atoms with Crippen molar-refractivity contribution < 1.29 is 23.7 Å². The van der Waals surface area contributed by atoms with E-state index in [-0.39, 0.29) is 50.4 Å². The van der Waals surface area contributed by atoms with Crippen LogP contribution in [0.1, 0.15) is 57.4 Å². The Labute approximate surface area is 261 Å². The number of phenols is 1. The van der Waals surface area contributed by atoms with Gasteiger partial charge in [0.2, 0.25) is 0 Å². The van der Waals surface area contributed by atoms with Gasteiger partial charge in [0, 0.05) is 41.2 Å². The minimum Gasteiger partial charge on any atom is -0.508 e. The quantitative estimate of drug-likeness (QED) is 0.273. The summed E-state index contributed by atoms with van der Waals surface area (Å²) < 4.78 is 38.0. The fourth-order valence-corrected chi connectivity index (χ4v) is 8.11. The van der Waals surface area contributed by atoms with E-state index in [1.807, 2.05) is 4.90 Å². The van der Waals surface area contributed by atoms with Gasteiger partial charge in [0.25, 0.3) is 0 Å². The molecule has 1 aliphatic carbocycles. The Hall–Kier alpha value is -4.07. The van der Waals surface area contributed by atoms with Gasteiger partial charge in [-0.1, -0.05) is 18.4 Å². The van der Waals surface area contributed by atoms with Crippen molar-refractivity contribution in [3.05, 3.63) is 47.7 Å². The number of benzene rings is 2. The number of hydrogen-bond donors (Lipinski definition) is 2. The molecule has 2 aromatic carbocycles. The van der Waals surface area contributed by atoms with E-state index in [2.05, 4.69) is 34.8 Å². The summed E-state index contributed by atoms with van der Waals surface area (Å²) in [6.45, 7) is 4.73. The zero-order valence-electron chi connectivity index (χ0n) is 25.6. The highest BCUT2D eigenvalue weighted by Crippen LogP contribution is 2.55. The molecule has 4 aromatic rings. The Morgan fingerprint density at radius 1 is 1.11 bits per heavy atom. The van der Waals surface area contributed by atoms with Crippen molar-refractivity contribution in [1.29, 1.82) is 0 Å². The molecule has 0 amide bonds. The van der Waals surface area contributed by atoms with E-state index in [9.17, 15) is 14.6 Å². The third kappa shape index (κ3) is 4.75. The summed E-state index contributed by atoms with van der Waals surface area (Å²) in [5.41, 5.74) is -0.116. The van der Waals surface area contributed by atoms with Crippen molar-refractivity contribution in [2.75, 3.05) is 38.2 Å². The first-order chi connectivity index (χ1) is 21.6. The van der Waals surface area contributed by atoms with Gasteiger partial charge in [-0.2, -0.15) is 9.97 Å². The number of aromatic nitrogens is 3. The summed E-state index contributed by atoms with van der Waals surface area (Å²) in [7, 11) is 2.18. The molecule has 0 bridgehead atoms. The lowest BCUT2D eigenvalue weighted by Crippen LogP contribution is -2.59. The number of fused-ring (bicyclic) bond motifs is 3. The van der Waals surface area contributed by atoms with Crippen LogP contribution < -0.4 is 9.64 Å². The van der Waals surface area contributed by atoms with Gasteiger partial charge in [0.05, 0.1) is 23.7 Å². The summed E-state index contributed by atoms with van der Waals surface area (Å²) in [6.07, 6.45) is 13.4. The fraction of sp³-hybridized carbons (Fsp3) is 0.457. The van der Waals surface area contributed by atoms with Crippen LogP contribution in [0.4, 0.5) is 14.6 Å². The van der Waals surface area contributed by atoms with Crippen molar-refractivity contribution in [2.45, 2.75) is 63.5 Å². The zero-order valence-corrected chi connectivity index (χ0v) is 25.6. The minimum absolute atomic E-state index is 0.00930. The van der Waals surface area contributed by atoms with E-state index in [4.69, 9.17) is 16.1 Å². The number of pyridine rings is 1. The maximum Gasteiger partial charge on any atom is 0.319 e. The number of phenolic OH excluding ortho intramolecular Hbond substituents is 1. The maximum atomic E-state index is 16.8. The van der Waals surface area contributed by atoms with E-state index < -0.39 is 17.7 Å². The predicted molar refractivity (Wildman–Crippen MR) is 169 cm³/mol. The molecule has 2 saturated heterocycles. The van der Waals surface area contributed by atoms with Crippen LogP contribution in [0.15, 0.2) is 30.5 Å². The van der Waals surface area contributed by atoms with Crippen molar-refractivity contribution in [3.8, 4) is 35.4 Å². The largest absolute Gasteiger partial charge is 0.508 e. The van der Waals surface area contributed by atoms with Gasteiger partial charge in [0.1, 0.15) is 28.6 Å². The van der Waals surface area contributed by atoms with Crippen LogP contribution in [0.5, 0.6) is 11.8 Å². The van der Waals surface area contributed by atoms with Crippen molar-refractivity contribution in [2.24, 2.45) is 5.41 Å². The molecule has 45 heavy (non-hydrogen) atoms. The summed E-state index contributed by atoms with van der Waals surface area (Å²) >= 11 is 0. The highest BCUT2D eigenvalue weighted by atomic mass is 19.1. The molecule has 10 heteroatoms. The number of likely N-dealkylation sites (tertiary alicyclic amines) is 1. The van der Waals surface area contributed by atoms with Crippen LogP contribution in [-0.4, -0.2) is 75.0 Å². The predicted octanol–water partition coefficient (Wildman–Crippen LogP) is 5.80. The molecule has 2 aliphatic heterocycles. The van der Waals surface area contributed by atoms with Gasteiger partial charge in [-0.3, -0.25) is 4.98 Å². The molecule has 1 unspecified atom stereocenters. The number of aliphatic hydroxyl groups is 1. The molecule has 3 atom stereocenters. The average Bonchev–Trinajstić information content (AvgIpc) is 3.38. The maximum absolute atomic E-state index is 16.8. The molecule has 8 nitrogen and oxygen atoms in total. The second kappa shape index (κ2) is 11.1. The standard InChI is InChI=1S/C35H37F2N5O3/c1-4-24-27(36)10-9-21-16-23(44)17-25(28(21)24)30-29(37)31-26(18-38-30)32(42-15-5-8-22(43)19-42)40-33(39-31)45-20-35-12-6-11-34(35,2)41(3)14-7-13-35/h1,9-10,16-18,22,43-44H,5-8,11-15,19-20H2,2-3H3/t22-,34?,35-/m1/s1. The second-order valence-electron chi connectivity index (χ2n) is 13.1. The topological polar surface area (TPSA) is 94.8 Å². The number of aliphatic hydroxyl groups excluding tert-OH is 1. The molecule has 2 aromatic heterocycles. The summed E-state index contributed by atoms with van der Waals surface area (Å²) in [5.74, 6) is 1.28. The third-order valence-corrected chi connectivity index (χ3v) is 10.7. The van der Waals surface area contributed by atoms with Crippen LogP contribution in [-0.2, 0) is 0 Å². The summed E-state index contributed by atoms with van der Waals surface area (Å²) in [4.78, 5) is 18.2. The molecule has 3 aliphatic rings. The average molecular weight is 614 g/mol. The number of terminal acetylenes is 1. The molecular formula is C35H37F2N5O3. The number of nitrogens with zero attached hydrogens (tertiary/aromatic N) is 5. The normalized spacial score (nSPS) is 25.4. The number of β-amino-alcohol motifs (C(OH)–C–C–N with tert-alkyl or cyclic N) is 1. The Kier molecular flexibility index (Phi) is 7.29. The first-order valence-corrected chi connectivity index (χ1v) is 15.7.